The molecule has 1 amide bonds. The summed E-state index contributed by atoms with van der Waals surface area (Å²) in [6.45, 7) is 0.647. The van der Waals surface area contributed by atoms with E-state index in [0.717, 1.165) is 19.3 Å². The van der Waals surface area contributed by atoms with Gasteiger partial charge in [0.1, 0.15) is 0 Å². The van der Waals surface area contributed by atoms with Gasteiger partial charge in [0.2, 0.25) is 5.91 Å². The molecule has 0 heterocycles. The molecule has 0 unspecified atom stereocenters. The summed E-state index contributed by atoms with van der Waals surface area (Å²) in [5.74, 6) is -0.0472. The smallest absolute Gasteiger partial charge is 0.224 e. The van der Waals surface area contributed by atoms with Crippen LogP contribution in [0.15, 0.2) is 18.2 Å². The van der Waals surface area contributed by atoms with Crippen LogP contribution in [-0.2, 0) is 9.53 Å². The maximum absolute atomic E-state index is 11.8. The lowest BCUT2D eigenvalue weighted by atomic mass is 10.2. The summed E-state index contributed by atoms with van der Waals surface area (Å²) in [6.07, 6.45) is 6.43. The van der Waals surface area contributed by atoms with Crippen LogP contribution in [0.5, 0.6) is 0 Å². The number of ether oxygens (including phenoxy) is 1. The van der Waals surface area contributed by atoms with E-state index in [9.17, 15) is 4.79 Å². The minimum atomic E-state index is -0.0472. The number of rotatable bonds is 6. The molecule has 3 N–H and O–H groups in total. The zero-order valence-electron chi connectivity index (χ0n) is 11.5. The van der Waals surface area contributed by atoms with E-state index in [1.165, 1.54) is 12.8 Å². The first-order valence-electron chi connectivity index (χ1n) is 7.11. The second-order valence-corrected chi connectivity index (χ2v) is 5.60. The molecule has 1 aromatic rings. The van der Waals surface area contributed by atoms with E-state index < -0.39 is 0 Å². The first-order chi connectivity index (χ1) is 9.65. The number of hydrogen-bond acceptors (Lipinski definition) is 3. The Balaban J connectivity index is 1.67. The predicted molar refractivity (Wildman–Crippen MR) is 81.9 cm³/mol. The van der Waals surface area contributed by atoms with Gasteiger partial charge in [-0.25, -0.2) is 0 Å². The van der Waals surface area contributed by atoms with E-state index in [1.807, 2.05) is 0 Å². The van der Waals surface area contributed by atoms with Crippen molar-refractivity contribution in [3.63, 3.8) is 0 Å². The largest absolute Gasteiger partial charge is 0.397 e. The Labute approximate surface area is 124 Å². The Morgan fingerprint density at radius 1 is 1.40 bits per heavy atom. The summed E-state index contributed by atoms with van der Waals surface area (Å²) in [5, 5.41) is 3.35. The van der Waals surface area contributed by atoms with E-state index in [1.54, 1.807) is 18.2 Å². The Kier molecular flexibility index (Phi) is 5.68. The third-order valence-electron chi connectivity index (χ3n) is 3.49. The zero-order valence-corrected chi connectivity index (χ0v) is 12.3. The summed E-state index contributed by atoms with van der Waals surface area (Å²) >= 11 is 5.81. The third-order valence-corrected chi connectivity index (χ3v) is 3.73. The normalized spacial score (nSPS) is 15.4. The van der Waals surface area contributed by atoms with Gasteiger partial charge in [-0.15, -0.1) is 0 Å². The molecule has 0 spiro atoms. The lowest BCUT2D eigenvalue weighted by molar-refractivity contribution is -0.116. The van der Waals surface area contributed by atoms with Gasteiger partial charge in [0.25, 0.3) is 0 Å². The molecule has 4 nitrogen and oxygen atoms in total. The average molecular weight is 297 g/mol. The number of nitrogens with two attached hydrogens (primary N) is 1. The SMILES string of the molecule is Nc1cc(Cl)ccc1NC(=O)CCCOC1CCCC1. The van der Waals surface area contributed by atoms with E-state index in [0.29, 0.717) is 35.5 Å². The molecule has 2 rings (SSSR count). The highest BCUT2D eigenvalue weighted by Crippen LogP contribution is 2.23. The second-order valence-electron chi connectivity index (χ2n) is 5.16. The van der Waals surface area contributed by atoms with Crippen molar-refractivity contribution < 1.29 is 9.53 Å². The average Bonchev–Trinajstić information content (AvgIpc) is 2.91. The van der Waals surface area contributed by atoms with Gasteiger partial charge < -0.3 is 15.8 Å². The summed E-state index contributed by atoms with van der Waals surface area (Å²) in [7, 11) is 0. The van der Waals surface area contributed by atoms with Crippen LogP contribution in [0.1, 0.15) is 38.5 Å². The first kappa shape index (κ1) is 15.1. The molecule has 1 aliphatic carbocycles. The van der Waals surface area contributed by atoms with Crippen LogP contribution < -0.4 is 11.1 Å². The van der Waals surface area contributed by atoms with Gasteiger partial charge in [0.05, 0.1) is 17.5 Å². The monoisotopic (exact) mass is 296 g/mol. The molecule has 1 aromatic carbocycles. The molecule has 0 radical (unpaired) electrons. The number of halogens is 1. The summed E-state index contributed by atoms with van der Waals surface area (Å²) < 4.78 is 5.72. The van der Waals surface area contributed by atoms with Gasteiger partial charge in [-0.2, -0.15) is 0 Å². The predicted octanol–water partition coefficient (Wildman–Crippen LogP) is 3.60. The Bertz CT molecular complexity index is 459. The van der Waals surface area contributed by atoms with Gasteiger partial charge >= 0.3 is 0 Å². The van der Waals surface area contributed by atoms with Gasteiger partial charge in [-0.05, 0) is 37.5 Å². The van der Waals surface area contributed by atoms with Crippen molar-refractivity contribution in [1.82, 2.24) is 0 Å². The molecular formula is C15H21ClN2O2. The van der Waals surface area contributed by atoms with Gasteiger partial charge in [0, 0.05) is 18.1 Å². The highest BCUT2D eigenvalue weighted by atomic mass is 35.5. The Morgan fingerprint density at radius 2 is 2.15 bits per heavy atom. The topological polar surface area (TPSA) is 64.3 Å². The molecule has 0 saturated heterocycles. The van der Waals surface area contributed by atoms with Gasteiger partial charge in [-0.3, -0.25) is 4.79 Å². The molecule has 1 aliphatic rings. The molecule has 20 heavy (non-hydrogen) atoms. The van der Waals surface area contributed by atoms with Gasteiger partial charge in [-0.1, -0.05) is 24.4 Å². The van der Waals surface area contributed by atoms with Crippen molar-refractivity contribution in [3.8, 4) is 0 Å². The molecule has 0 atom stereocenters. The molecule has 0 aromatic heterocycles. The summed E-state index contributed by atoms with van der Waals surface area (Å²) in [6, 6.07) is 5.04. The molecule has 0 aliphatic heterocycles. The number of hydrogen-bond donors (Lipinski definition) is 2. The lowest BCUT2D eigenvalue weighted by Gasteiger charge is -2.11. The molecule has 5 heteroatoms. The van der Waals surface area contributed by atoms with Crippen molar-refractivity contribution in [3.05, 3.63) is 23.2 Å². The number of amides is 1. The summed E-state index contributed by atoms with van der Waals surface area (Å²) in [5.41, 5.74) is 6.87. The van der Waals surface area contributed by atoms with Crippen LogP contribution in [0.2, 0.25) is 5.02 Å². The maximum atomic E-state index is 11.8. The fourth-order valence-corrected chi connectivity index (χ4v) is 2.58. The van der Waals surface area contributed by atoms with Crippen LogP contribution >= 0.6 is 11.6 Å². The highest BCUT2D eigenvalue weighted by Gasteiger charge is 2.15. The lowest BCUT2D eigenvalue weighted by Crippen LogP contribution is -2.15. The Hall–Kier alpha value is -1.26. The minimum absolute atomic E-state index is 0.0472. The van der Waals surface area contributed by atoms with Crippen LogP contribution in [0.4, 0.5) is 11.4 Å². The van der Waals surface area contributed by atoms with E-state index in [-0.39, 0.29) is 5.91 Å². The molecule has 0 bridgehead atoms. The van der Waals surface area contributed by atoms with Crippen molar-refractivity contribution in [2.75, 3.05) is 17.7 Å². The summed E-state index contributed by atoms with van der Waals surface area (Å²) in [4.78, 5) is 11.8. The fraction of sp³-hybridized carbons (Fsp3) is 0.533. The van der Waals surface area contributed by atoms with E-state index >= 15 is 0 Å². The van der Waals surface area contributed by atoms with Crippen LogP contribution in [-0.4, -0.2) is 18.6 Å². The van der Waals surface area contributed by atoms with E-state index in [2.05, 4.69) is 5.32 Å². The van der Waals surface area contributed by atoms with Crippen molar-refractivity contribution >= 4 is 28.9 Å². The Morgan fingerprint density at radius 3 is 2.85 bits per heavy atom. The standard InChI is InChI=1S/C15H21ClN2O2/c16-11-7-8-14(13(17)10-11)18-15(19)6-3-9-20-12-4-1-2-5-12/h7-8,10,12H,1-6,9,17H2,(H,18,19). The molecule has 110 valence electrons. The maximum Gasteiger partial charge on any atom is 0.224 e. The first-order valence-corrected chi connectivity index (χ1v) is 7.49. The number of carbonyl (C=O) groups excluding carboxylic acids is 1. The quantitative estimate of drug-likeness (QED) is 0.623. The fourth-order valence-electron chi connectivity index (χ4n) is 2.40. The van der Waals surface area contributed by atoms with Crippen molar-refractivity contribution in [1.29, 1.82) is 0 Å². The van der Waals surface area contributed by atoms with E-state index in [4.69, 9.17) is 22.1 Å². The van der Waals surface area contributed by atoms with Crippen molar-refractivity contribution in [2.24, 2.45) is 0 Å². The molecular weight excluding hydrogens is 276 g/mol. The minimum Gasteiger partial charge on any atom is -0.397 e. The van der Waals surface area contributed by atoms with Crippen LogP contribution in [0.3, 0.4) is 0 Å². The molecule has 1 saturated carbocycles. The second kappa shape index (κ2) is 7.50. The number of benzene rings is 1. The van der Waals surface area contributed by atoms with Crippen molar-refractivity contribution in [2.45, 2.75) is 44.6 Å². The zero-order chi connectivity index (χ0) is 14.4. The third kappa shape index (κ3) is 4.69. The number of nitrogens with one attached hydrogen (secondary N) is 1. The van der Waals surface area contributed by atoms with Crippen LogP contribution in [0, 0.1) is 0 Å². The van der Waals surface area contributed by atoms with Gasteiger partial charge in [0.15, 0.2) is 0 Å². The molecule has 1 fully saturated rings. The number of nitrogen functional groups attached to an aromatic ring is 1. The number of anilines is 2. The van der Waals surface area contributed by atoms with Crippen LogP contribution in [0.25, 0.3) is 0 Å². The highest BCUT2D eigenvalue weighted by molar-refractivity contribution is 6.31. The number of carbonyl (C=O) groups is 1.